The second-order valence-corrected chi connectivity index (χ2v) is 9.58. The number of amides is 2. The highest BCUT2D eigenvalue weighted by Crippen LogP contribution is 2.38. The lowest BCUT2D eigenvalue weighted by Crippen LogP contribution is -2.63. The molecule has 1 heterocycles. The summed E-state index contributed by atoms with van der Waals surface area (Å²) in [6.07, 6.45) is -10.5. The largest absolute Gasteiger partial charge is 0.465 e. The van der Waals surface area contributed by atoms with Crippen LogP contribution in [0.15, 0.2) is 48.5 Å². The molecule has 2 amide bonds. The molecule has 40 heavy (non-hydrogen) atoms. The first-order valence-corrected chi connectivity index (χ1v) is 12.1. The molecule has 0 unspecified atom stereocenters. The molecule has 0 spiro atoms. The first-order valence-electron chi connectivity index (χ1n) is 12.1. The Morgan fingerprint density at radius 2 is 1.50 bits per heavy atom. The number of ether oxygens (including phenoxy) is 1. The molecule has 0 radical (unpaired) electrons. The van der Waals surface area contributed by atoms with E-state index in [4.69, 9.17) is 0 Å². The fraction of sp³-hybridized carbons (Fsp3) is 0.462. The van der Waals surface area contributed by atoms with Gasteiger partial charge in [0.25, 0.3) is 0 Å². The van der Waals surface area contributed by atoms with E-state index in [0.29, 0.717) is 5.56 Å². The molecule has 2 aromatic rings. The number of halogens is 8. The summed E-state index contributed by atoms with van der Waals surface area (Å²) < 4.78 is 111. The van der Waals surface area contributed by atoms with E-state index in [1.807, 2.05) is 0 Å². The average molecular weight is 582 g/mol. The van der Waals surface area contributed by atoms with Crippen molar-refractivity contribution < 1.29 is 49.4 Å². The number of hydrogen-bond donors (Lipinski definition) is 0. The highest BCUT2D eigenvalue weighted by Gasteiger charge is 2.59. The molecule has 2 atom stereocenters. The van der Waals surface area contributed by atoms with Gasteiger partial charge < -0.3 is 9.64 Å². The first kappa shape index (κ1) is 31.1. The smallest absolute Gasteiger partial charge is 0.454 e. The van der Waals surface area contributed by atoms with Crippen molar-refractivity contribution in [3.8, 4) is 0 Å². The minimum Gasteiger partial charge on any atom is -0.465 e. The van der Waals surface area contributed by atoms with Gasteiger partial charge in [-0.1, -0.05) is 18.2 Å². The minimum atomic E-state index is -5.75. The van der Waals surface area contributed by atoms with Gasteiger partial charge >= 0.3 is 30.3 Å². The number of carbonyl (C=O) groups is 2. The molecule has 0 bridgehead atoms. The van der Waals surface area contributed by atoms with E-state index in [9.17, 15) is 44.7 Å². The Hall–Kier alpha value is -3.42. The van der Waals surface area contributed by atoms with Crippen LogP contribution < -0.4 is 4.90 Å². The SMILES string of the molecule is COC(=O)c1ccc(CN(C(=O)N2C[C@@H](C)N(CC(F)(F)C(F)(F)F)[C@@H](C)C2)c2cccc(C(F)(F)F)c2)cc1. The summed E-state index contributed by atoms with van der Waals surface area (Å²) in [7, 11) is 1.19. The second kappa shape index (κ2) is 11.6. The van der Waals surface area contributed by atoms with E-state index in [2.05, 4.69) is 4.74 Å². The predicted octanol–water partition coefficient (Wildman–Crippen LogP) is 6.21. The molecule has 0 aliphatic carbocycles. The molecule has 0 N–H and O–H groups in total. The molecule has 0 saturated carbocycles. The Bertz CT molecular complexity index is 1190. The number of methoxy groups -OCH3 is 1. The van der Waals surface area contributed by atoms with Crippen molar-refractivity contribution in [3.63, 3.8) is 0 Å². The molecule has 0 aromatic heterocycles. The zero-order valence-electron chi connectivity index (χ0n) is 21.7. The number of alkyl halides is 8. The maximum Gasteiger partial charge on any atom is 0.454 e. The van der Waals surface area contributed by atoms with Crippen molar-refractivity contribution >= 4 is 17.7 Å². The van der Waals surface area contributed by atoms with Gasteiger partial charge in [0.2, 0.25) is 0 Å². The Balaban J connectivity index is 1.90. The minimum absolute atomic E-state index is 0.108. The predicted molar refractivity (Wildman–Crippen MR) is 129 cm³/mol. The first-order chi connectivity index (χ1) is 18.4. The summed E-state index contributed by atoms with van der Waals surface area (Å²) in [5, 5.41) is 0. The Kier molecular flexibility index (Phi) is 9.02. The summed E-state index contributed by atoms with van der Waals surface area (Å²) in [4.78, 5) is 28.6. The summed E-state index contributed by atoms with van der Waals surface area (Å²) in [6, 6.07) is 7.26. The van der Waals surface area contributed by atoms with Gasteiger partial charge in [0.05, 0.1) is 31.3 Å². The lowest BCUT2D eigenvalue weighted by molar-refractivity contribution is -0.290. The lowest BCUT2D eigenvalue weighted by atomic mass is 10.1. The third-order valence-corrected chi connectivity index (χ3v) is 6.60. The van der Waals surface area contributed by atoms with E-state index in [0.717, 1.165) is 28.0 Å². The van der Waals surface area contributed by atoms with Crippen LogP contribution in [0.25, 0.3) is 0 Å². The van der Waals surface area contributed by atoms with Crippen LogP contribution in [0, 0.1) is 0 Å². The number of benzene rings is 2. The second-order valence-electron chi connectivity index (χ2n) is 9.58. The molecule has 220 valence electrons. The topological polar surface area (TPSA) is 53.1 Å². The fourth-order valence-corrected chi connectivity index (χ4v) is 4.48. The number of rotatable bonds is 6. The highest BCUT2D eigenvalue weighted by molar-refractivity contribution is 5.92. The number of hydrogen-bond acceptors (Lipinski definition) is 4. The third kappa shape index (κ3) is 7.01. The fourth-order valence-electron chi connectivity index (χ4n) is 4.48. The molecule has 6 nitrogen and oxygen atoms in total. The van der Waals surface area contributed by atoms with Crippen molar-refractivity contribution in [3.05, 3.63) is 65.2 Å². The van der Waals surface area contributed by atoms with Gasteiger partial charge in [-0.3, -0.25) is 9.80 Å². The van der Waals surface area contributed by atoms with Gasteiger partial charge in [0, 0.05) is 30.9 Å². The van der Waals surface area contributed by atoms with Crippen molar-refractivity contribution in [2.45, 2.75) is 50.8 Å². The van der Waals surface area contributed by atoms with Crippen LogP contribution in [0.2, 0.25) is 0 Å². The molecular formula is C26H27F8N3O3. The monoisotopic (exact) mass is 581 g/mol. The highest BCUT2D eigenvalue weighted by atomic mass is 19.4. The van der Waals surface area contributed by atoms with E-state index >= 15 is 0 Å². The van der Waals surface area contributed by atoms with E-state index in [1.54, 1.807) is 0 Å². The van der Waals surface area contributed by atoms with Gasteiger partial charge in [0.1, 0.15) is 0 Å². The van der Waals surface area contributed by atoms with Crippen LogP contribution >= 0.6 is 0 Å². The normalized spacial score (nSPS) is 18.9. The standard InChI is InChI=1S/C26H27F8N3O3/c1-16-12-35(13-17(2)37(16)15-24(27,28)26(32,33)34)23(39)36(21-6-4-5-20(11-21)25(29,30)31)14-18-7-9-19(10-8-18)22(38)40-3/h4-11,16-17H,12-15H2,1-3H3/t16-,17+. The lowest BCUT2D eigenvalue weighted by Gasteiger charge is -2.46. The summed E-state index contributed by atoms with van der Waals surface area (Å²) in [6.45, 7) is 0.480. The molecule has 1 aliphatic heterocycles. The van der Waals surface area contributed by atoms with Crippen LogP contribution in [0.3, 0.4) is 0 Å². The molecule has 1 saturated heterocycles. The summed E-state index contributed by atoms with van der Waals surface area (Å²) >= 11 is 0. The number of esters is 1. The molecule has 14 heteroatoms. The van der Waals surface area contributed by atoms with Crippen LogP contribution in [0.5, 0.6) is 0 Å². The molecule has 1 aliphatic rings. The van der Waals surface area contributed by atoms with E-state index < -0.39 is 54.5 Å². The van der Waals surface area contributed by atoms with Crippen molar-refractivity contribution in [2.75, 3.05) is 31.6 Å². The van der Waals surface area contributed by atoms with Gasteiger partial charge in [0.15, 0.2) is 0 Å². The van der Waals surface area contributed by atoms with Crippen LogP contribution in [0.1, 0.15) is 35.3 Å². The Morgan fingerprint density at radius 1 is 0.925 bits per heavy atom. The molecule has 1 fully saturated rings. The number of piperazine rings is 1. The quantitative estimate of drug-likeness (QED) is 0.301. The number of nitrogens with zero attached hydrogens (tertiary/aromatic N) is 3. The Morgan fingerprint density at radius 3 is 2.00 bits per heavy atom. The van der Waals surface area contributed by atoms with E-state index in [-0.39, 0.29) is 30.9 Å². The van der Waals surface area contributed by atoms with E-state index in [1.165, 1.54) is 56.2 Å². The van der Waals surface area contributed by atoms with Gasteiger partial charge in [-0.05, 0) is 49.7 Å². The van der Waals surface area contributed by atoms with Crippen molar-refractivity contribution in [1.82, 2.24) is 9.80 Å². The molecule has 3 rings (SSSR count). The van der Waals surface area contributed by atoms with Crippen molar-refractivity contribution in [1.29, 1.82) is 0 Å². The maximum atomic E-state index is 13.8. The number of carbonyl (C=O) groups excluding carboxylic acids is 2. The maximum absolute atomic E-state index is 13.8. The number of anilines is 1. The zero-order valence-corrected chi connectivity index (χ0v) is 21.7. The van der Waals surface area contributed by atoms with Gasteiger partial charge in [-0.25, -0.2) is 9.59 Å². The summed E-state index contributed by atoms with van der Waals surface area (Å²) in [5.74, 6) is -5.59. The van der Waals surface area contributed by atoms with Gasteiger partial charge in [-0.2, -0.15) is 35.1 Å². The van der Waals surface area contributed by atoms with Crippen LogP contribution in [-0.2, 0) is 17.5 Å². The molecule has 2 aromatic carbocycles. The van der Waals surface area contributed by atoms with Crippen LogP contribution in [-0.4, -0.2) is 72.7 Å². The van der Waals surface area contributed by atoms with Gasteiger partial charge in [-0.15, -0.1) is 0 Å². The average Bonchev–Trinajstić information content (AvgIpc) is 2.87. The third-order valence-electron chi connectivity index (χ3n) is 6.60. The summed E-state index contributed by atoms with van der Waals surface area (Å²) in [5.41, 5.74) is -0.464. The van der Waals surface area contributed by atoms with Crippen molar-refractivity contribution in [2.24, 2.45) is 0 Å². The zero-order chi connectivity index (χ0) is 30.0. The Labute approximate surface area is 225 Å². The molecular weight excluding hydrogens is 554 g/mol. The number of urea groups is 1. The van der Waals surface area contributed by atoms with Crippen LogP contribution in [0.4, 0.5) is 45.6 Å².